The molecular weight excluding hydrogens is 280 g/mol. The van der Waals surface area contributed by atoms with E-state index >= 15 is 0 Å². The lowest BCUT2D eigenvalue weighted by atomic mass is 10.1. The molecule has 0 aliphatic carbocycles. The highest BCUT2D eigenvalue weighted by atomic mass is 32.1. The first-order chi connectivity index (χ1) is 10.3. The van der Waals surface area contributed by atoms with Crippen LogP contribution in [0.5, 0.6) is 0 Å². The smallest absolute Gasteiger partial charge is 0.259 e. The molecule has 0 radical (unpaired) electrons. The molecule has 0 atom stereocenters. The van der Waals surface area contributed by atoms with Crippen LogP contribution in [-0.2, 0) is 6.42 Å². The number of carbonyl (C=O) groups is 1. The molecule has 0 spiro atoms. The number of amides is 1. The van der Waals surface area contributed by atoms with Gasteiger partial charge in [0, 0.05) is 28.8 Å². The number of aromatic nitrogens is 1. The number of nitrogens with zero attached hydrogens (tertiary/aromatic N) is 2. The molecule has 1 aromatic heterocycles. The second kappa shape index (κ2) is 4.67. The minimum absolute atomic E-state index is 0.115. The minimum Gasteiger partial charge on any atom is -0.307 e. The van der Waals surface area contributed by atoms with Crippen molar-refractivity contribution < 1.29 is 4.79 Å². The molecule has 3 nitrogen and oxygen atoms in total. The van der Waals surface area contributed by atoms with Crippen molar-refractivity contribution >= 4 is 33.7 Å². The van der Waals surface area contributed by atoms with E-state index in [1.807, 2.05) is 41.6 Å². The molecule has 2 aromatic carbocycles. The van der Waals surface area contributed by atoms with Gasteiger partial charge in [-0.1, -0.05) is 24.3 Å². The van der Waals surface area contributed by atoms with Crippen LogP contribution in [-0.4, -0.2) is 17.4 Å². The van der Waals surface area contributed by atoms with Gasteiger partial charge in [0.25, 0.3) is 5.91 Å². The van der Waals surface area contributed by atoms with Crippen molar-refractivity contribution in [2.75, 3.05) is 11.4 Å². The fourth-order valence-corrected chi connectivity index (χ4v) is 3.75. The summed E-state index contributed by atoms with van der Waals surface area (Å²) in [6.45, 7) is 2.72. The van der Waals surface area contributed by atoms with E-state index in [9.17, 15) is 4.79 Å². The zero-order valence-corrected chi connectivity index (χ0v) is 12.5. The zero-order chi connectivity index (χ0) is 14.4. The summed E-state index contributed by atoms with van der Waals surface area (Å²) in [4.78, 5) is 20.1. The maximum atomic E-state index is 12.6. The lowest BCUT2D eigenvalue weighted by Crippen LogP contribution is -2.28. The van der Waals surface area contributed by atoms with Crippen molar-refractivity contribution in [3.8, 4) is 0 Å². The lowest BCUT2D eigenvalue weighted by Gasteiger charge is -2.17. The van der Waals surface area contributed by atoms with Crippen LogP contribution < -0.4 is 4.90 Å². The van der Waals surface area contributed by atoms with Gasteiger partial charge in [0.2, 0.25) is 0 Å². The highest BCUT2D eigenvalue weighted by Gasteiger charge is 2.29. The third-order valence-corrected chi connectivity index (χ3v) is 5.05. The van der Waals surface area contributed by atoms with Crippen molar-refractivity contribution in [2.24, 2.45) is 0 Å². The van der Waals surface area contributed by atoms with E-state index in [1.54, 1.807) is 11.3 Å². The minimum atomic E-state index is 0.115. The summed E-state index contributed by atoms with van der Waals surface area (Å²) in [5, 5.41) is 2.22. The summed E-state index contributed by atoms with van der Waals surface area (Å²) in [6, 6.07) is 12.1. The van der Waals surface area contributed by atoms with E-state index in [0.717, 1.165) is 34.1 Å². The van der Waals surface area contributed by atoms with Crippen LogP contribution in [0.2, 0.25) is 0 Å². The van der Waals surface area contributed by atoms with Crippen molar-refractivity contribution in [1.29, 1.82) is 0 Å². The Bertz CT molecular complexity index is 848. The quantitative estimate of drug-likeness (QED) is 0.736. The Hall–Kier alpha value is -2.20. The molecule has 1 amide bonds. The predicted molar refractivity (Wildman–Crippen MR) is 86.2 cm³/mol. The van der Waals surface area contributed by atoms with Gasteiger partial charge < -0.3 is 4.90 Å². The molecule has 4 rings (SSSR count). The van der Waals surface area contributed by atoms with Crippen molar-refractivity contribution in [3.63, 3.8) is 0 Å². The summed E-state index contributed by atoms with van der Waals surface area (Å²) < 4.78 is 0. The summed E-state index contributed by atoms with van der Waals surface area (Å²) >= 11 is 1.66. The summed E-state index contributed by atoms with van der Waals surface area (Å²) in [5.41, 5.74) is 4.80. The van der Waals surface area contributed by atoms with Crippen LogP contribution >= 0.6 is 11.3 Å². The number of hydrogen-bond donors (Lipinski definition) is 0. The largest absolute Gasteiger partial charge is 0.307 e. The van der Waals surface area contributed by atoms with Gasteiger partial charge in [-0.05, 0) is 24.4 Å². The van der Waals surface area contributed by atoms with Gasteiger partial charge in [-0.25, -0.2) is 4.98 Å². The monoisotopic (exact) mass is 294 g/mol. The summed E-state index contributed by atoms with van der Waals surface area (Å²) in [6.07, 6.45) is 0.854. The van der Waals surface area contributed by atoms with Gasteiger partial charge in [-0.15, -0.1) is 11.3 Å². The van der Waals surface area contributed by atoms with Gasteiger partial charge in [0.1, 0.15) is 0 Å². The van der Waals surface area contributed by atoms with E-state index in [4.69, 9.17) is 0 Å². The molecule has 0 N–H and O–H groups in total. The fourth-order valence-electron chi connectivity index (χ4n) is 2.98. The Kier molecular flexibility index (Phi) is 2.79. The number of anilines is 1. The van der Waals surface area contributed by atoms with Gasteiger partial charge >= 0.3 is 0 Å². The molecule has 4 heteroatoms. The van der Waals surface area contributed by atoms with Gasteiger partial charge in [-0.3, -0.25) is 4.79 Å². The van der Waals surface area contributed by atoms with Crippen LogP contribution in [0.1, 0.15) is 20.9 Å². The number of hydrogen-bond acceptors (Lipinski definition) is 3. The SMILES string of the molecule is Cc1ncsc1CCN1C(=O)c2cccc3cccc1c23. The van der Waals surface area contributed by atoms with Crippen LogP contribution in [0.15, 0.2) is 41.9 Å². The van der Waals surface area contributed by atoms with Crippen molar-refractivity contribution in [2.45, 2.75) is 13.3 Å². The van der Waals surface area contributed by atoms with E-state index in [1.165, 1.54) is 4.88 Å². The van der Waals surface area contributed by atoms with Crippen LogP contribution in [0, 0.1) is 6.92 Å². The van der Waals surface area contributed by atoms with Crippen LogP contribution in [0.25, 0.3) is 10.8 Å². The first kappa shape index (κ1) is 12.5. The number of rotatable bonds is 3. The van der Waals surface area contributed by atoms with E-state index < -0.39 is 0 Å². The maximum absolute atomic E-state index is 12.6. The van der Waals surface area contributed by atoms with Gasteiger partial charge in [0.15, 0.2) is 0 Å². The third-order valence-electron chi connectivity index (χ3n) is 4.06. The molecule has 0 saturated carbocycles. The zero-order valence-electron chi connectivity index (χ0n) is 11.7. The predicted octanol–water partition coefficient (Wildman–Crippen LogP) is 3.81. The van der Waals surface area contributed by atoms with Gasteiger partial charge in [-0.2, -0.15) is 0 Å². The molecular formula is C17H14N2OS. The third kappa shape index (κ3) is 1.87. The second-order valence-electron chi connectivity index (χ2n) is 5.25. The van der Waals surface area contributed by atoms with E-state index in [-0.39, 0.29) is 5.91 Å². The number of aryl methyl sites for hydroxylation is 1. The number of benzene rings is 2. The molecule has 0 bridgehead atoms. The first-order valence-electron chi connectivity index (χ1n) is 6.98. The fraction of sp³-hybridized carbons (Fsp3) is 0.176. The summed E-state index contributed by atoms with van der Waals surface area (Å²) in [7, 11) is 0. The number of carbonyl (C=O) groups excluding carboxylic acids is 1. The normalized spacial score (nSPS) is 13.4. The topological polar surface area (TPSA) is 33.2 Å². The molecule has 0 unspecified atom stereocenters. The Labute approximate surface area is 126 Å². The van der Waals surface area contributed by atoms with Crippen LogP contribution in [0.4, 0.5) is 5.69 Å². The molecule has 21 heavy (non-hydrogen) atoms. The average Bonchev–Trinajstić information content (AvgIpc) is 3.02. The van der Waals surface area contributed by atoms with Crippen molar-refractivity contribution in [1.82, 2.24) is 4.98 Å². The summed E-state index contributed by atoms with van der Waals surface area (Å²) in [5.74, 6) is 0.115. The molecule has 104 valence electrons. The van der Waals surface area contributed by atoms with E-state index in [2.05, 4.69) is 17.1 Å². The highest BCUT2D eigenvalue weighted by molar-refractivity contribution is 7.09. The molecule has 1 aliphatic rings. The van der Waals surface area contributed by atoms with Gasteiger partial charge in [0.05, 0.1) is 16.9 Å². The average molecular weight is 294 g/mol. The van der Waals surface area contributed by atoms with Crippen LogP contribution in [0.3, 0.4) is 0 Å². The molecule has 2 heterocycles. The second-order valence-corrected chi connectivity index (χ2v) is 6.19. The van der Waals surface area contributed by atoms with E-state index in [0.29, 0.717) is 6.54 Å². The number of thiazole rings is 1. The first-order valence-corrected chi connectivity index (χ1v) is 7.86. The standard InChI is InChI=1S/C17H14N2OS/c1-11-15(21-10-18-11)8-9-19-14-7-3-5-12-4-2-6-13(16(12)14)17(19)20/h2-7,10H,8-9H2,1H3. The molecule has 0 saturated heterocycles. The molecule has 1 aliphatic heterocycles. The highest BCUT2D eigenvalue weighted by Crippen LogP contribution is 2.37. The Balaban J connectivity index is 1.71. The molecule has 0 fully saturated rings. The maximum Gasteiger partial charge on any atom is 0.259 e. The van der Waals surface area contributed by atoms with Crippen molar-refractivity contribution in [3.05, 3.63) is 58.0 Å². The Morgan fingerprint density at radius 2 is 2.00 bits per heavy atom. The lowest BCUT2D eigenvalue weighted by molar-refractivity contribution is 0.0993. The Morgan fingerprint density at radius 3 is 2.76 bits per heavy atom. The molecule has 3 aromatic rings. The Morgan fingerprint density at radius 1 is 1.19 bits per heavy atom.